The number of nitrogens with one attached hydrogen (secondary N) is 1. The molecule has 0 unspecified atom stereocenters. The fourth-order valence-corrected chi connectivity index (χ4v) is 3.62. The van der Waals surface area contributed by atoms with E-state index >= 15 is 0 Å². The van der Waals surface area contributed by atoms with Gasteiger partial charge in [-0.25, -0.2) is 4.98 Å². The van der Waals surface area contributed by atoms with Crippen molar-refractivity contribution in [2.75, 3.05) is 31.1 Å². The summed E-state index contributed by atoms with van der Waals surface area (Å²) >= 11 is 0. The molecular formula is C15H16N4O2. The minimum absolute atomic E-state index is 0.0791. The molecule has 1 N–H and O–H groups in total. The normalized spacial score (nSPS) is 24.5. The van der Waals surface area contributed by atoms with E-state index in [2.05, 4.69) is 15.2 Å². The maximum absolute atomic E-state index is 11.2. The first-order valence-electron chi connectivity index (χ1n) is 7.22. The van der Waals surface area contributed by atoms with Crippen LogP contribution in [-0.4, -0.2) is 36.1 Å². The first-order chi connectivity index (χ1) is 10.2. The smallest absolute Gasteiger partial charge is 0.295 e. The maximum atomic E-state index is 11.2. The van der Waals surface area contributed by atoms with Crippen molar-refractivity contribution in [1.29, 1.82) is 0 Å². The molecule has 1 aromatic carbocycles. The molecule has 0 amide bonds. The predicted octanol–water partition coefficient (Wildman–Crippen LogP) is 1.80. The number of pyridine rings is 1. The van der Waals surface area contributed by atoms with Gasteiger partial charge in [-0.1, -0.05) is 12.1 Å². The van der Waals surface area contributed by atoms with E-state index in [-0.39, 0.29) is 10.6 Å². The Morgan fingerprint density at radius 1 is 1.24 bits per heavy atom. The van der Waals surface area contributed by atoms with Gasteiger partial charge in [-0.2, -0.15) is 0 Å². The van der Waals surface area contributed by atoms with Gasteiger partial charge in [0.25, 0.3) is 5.69 Å². The molecule has 21 heavy (non-hydrogen) atoms. The summed E-state index contributed by atoms with van der Waals surface area (Å²) in [5.74, 6) is 1.37. The van der Waals surface area contributed by atoms with Gasteiger partial charge >= 0.3 is 0 Å². The quantitative estimate of drug-likeness (QED) is 0.672. The van der Waals surface area contributed by atoms with E-state index in [1.807, 2.05) is 12.1 Å². The molecule has 4 rings (SSSR count). The highest BCUT2D eigenvalue weighted by atomic mass is 16.6. The maximum Gasteiger partial charge on any atom is 0.295 e. The van der Waals surface area contributed by atoms with Gasteiger partial charge in [-0.15, -0.1) is 0 Å². The van der Waals surface area contributed by atoms with E-state index in [4.69, 9.17) is 0 Å². The van der Waals surface area contributed by atoms with Gasteiger partial charge in [0.05, 0.1) is 4.92 Å². The largest absolute Gasteiger partial charge is 0.370 e. The summed E-state index contributed by atoms with van der Waals surface area (Å²) in [6, 6.07) is 7.16. The van der Waals surface area contributed by atoms with E-state index in [9.17, 15) is 10.1 Å². The number of nitrogens with zero attached hydrogens (tertiary/aromatic N) is 3. The molecule has 1 aromatic heterocycles. The molecule has 0 saturated carbocycles. The minimum Gasteiger partial charge on any atom is -0.370 e. The Labute approximate surface area is 121 Å². The molecule has 2 aromatic rings. The number of aromatic nitrogens is 1. The molecule has 3 heterocycles. The van der Waals surface area contributed by atoms with Crippen LogP contribution in [0.4, 0.5) is 11.4 Å². The standard InChI is InChI=1S/C15H16N4O2/c20-19(21)14-3-1-2-12-13(4-5-17-15(12)14)18-8-10-6-16-7-11(10)9-18/h1-5,10-11,16H,6-9H2/t10-,11+. The van der Waals surface area contributed by atoms with Crippen molar-refractivity contribution in [3.05, 3.63) is 40.6 Å². The van der Waals surface area contributed by atoms with Crippen molar-refractivity contribution in [2.24, 2.45) is 11.8 Å². The number of benzene rings is 1. The number of hydrogen-bond acceptors (Lipinski definition) is 5. The molecule has 2 fully saturated rings. The minimum atomic E-state index is -0.359. The molecule has 0 bridgehead atoms. The fraction of sp³-hybridized carbons (Fsp3) is 0.400. The van der Waals surface area contributed by atoms with Gasteiger partial charge < -0.3 is 10.2 Å². The lowest BCUT2D eigenvalue weighted by atomic mass is 10.0. The van der Waals surface area contributed by atoms with Gasteiger partial charge in [0.15, 0.2) is 0 Å². The lowest BCUT2D eigenvalue weighted by Crippen LogP contribution is -2.25. The molecular weight excluding hydrogens is 268 g/mol. The molecule has 6 heteroatoms. The molecule has 2 aliphatic heterocycles. The molecule has 0 spiro atoms. The number of hydrogen-bond donors (Lipinski definition) is 1. The van der Waals surface area contributed by atoms with E-state index in [0.717, 1.165) is 37.3 Å². The second-order valence-electron chi connectivity index (χ2n) is 5.84. The second kappa shape index (κ2) is 4.66. The third-order valence-corrected chi connectivity index (χ3v) is 4.65. The average molecular weight is 284 g/mol. The number of fused-ring (bicyclic) bond motifs is 2. The molecule has 6 nitrogen and oxygen atoms in total. The topological polar surface area (TPSA) is 71.3 Å². The van der Waals surface area contributed by atoms with Crippen LogP contribution in [0.25, 0.3) is 10.9 Å². The highest BCUT2D eigenvalue weighted by molar-refractivity contribution is 5.96. The number of nitro benzene ring substituents is 1. The van der Waals surface area contributed by atoms with Crippen LogP contribution in [-0.2, 0) is 0 Å². The Morgan fingerprint density at radius 2 is 2.00 bits per heavy atom. The number of para-hydroxylation sites is 1. The van der Waals surface area contributed by atoms with Crippen LogP contribution in [0.15, 0.2) is 30.5 Å². The lowest BCUT2D eigenvalue weighted by molar-refractivity contribution is -0.383. The monoisotopic (exact) mass is 284 g/mol. The molecule has 2 atom stereocenters. The zero-order valence-corrected chi connectivity index (χ0v) is 11.5. The summed E-state index contributed by atoms with van der Waals surface area (Å²) in [6.07, 6.45) is 1.68. The van der Waals surface area contributed by atoms with Crippen molar-refractivity contribution in [3.8, 4) is 0 Å². The molecule has 2 saturated heterocycles. The van der Waals surface area contributed by atoms with Crippen LogP contribution in [0.5, 0.6) is 0 Å². The van der Waals surface area contributed by atoms with Crippen LogP contribution in [0.3, 0.4) is 0 Å². The van der Waals surface area contributed by atoms with E-state index < -0.39 is 0 Å². The highest BCUT2D eigenvalue weighted by Crippen LogP contribution is 2.36. The van der Waals surface area contributed by atoms with Gasteiger partial charge in [0, 0.05) is 49.5 Å². The van der Waals surface area contributed by atoms with Crippen LogP contribution >= 0.6 is 0 Å². The average Bonchev–Trinajstić information content (AvgIpc) is 3.07. The van der Waals surface area contributed by atoms with Crippen LogP contribution in [0.1, 0.15) is 0 Å². The van der Waals surface area contributed by atoms with Crippen molar-refractivity contribution < 1.29 is 4.92 Å². The SMILES string of the molecule is O=[N+]([O-])c1cccc2c(N3C[C@H]4CNC[C@H]4C3)ccnc12. The van der Waals surface area contributed by atoms with Gasteiger partial charge in [-0.05, 0) is 17.9 Å². The van der Waals surface area contributed by atoms with Gasteiger partial charge in [-0.3, -0.25) is 10.1 Å². The Kier molecular flexibility index (Phi) is 2.78. The van der Waals surface area contributed by atoms with Crippen molar-refractivity contribution in [2.45, 2.75) is 0 Å². The number of nitro groups is 1. The number of rotatable bonds is 2. The lowest BCUT2D eigenvalue weighted by Gasteiger charge is -2.21. The number of anilines is 1. The summed E-state index contributed by atoms with van der Waals surface area (Å²) in [5.41, 5.74) is 1.63. The zero-order chi connectivity index (χ0) is 14.4. The molecule has 2 aliphatic rings. The summed E-state index contributed by atoms with van der Waals surface area (Å²) in [4.78, 5) is 17.4. The van der Waals surface area contributed by atoms with Crippen LogP contribution in [0.2, 0.25) is 0 Å². The van der Waals surface area contributed by atoms with E-state index in [1.165, 1.54) is 6.07 Å². The Hall–Kier alpha value is -2.21. The van der Waals surface area contributed by atoms with Gasteiger partial charge in [0.2, 0.25) is 0 Å². The Balaban J connectivity index is 1.79. The van der Waals surface area contributed by atoms with Crippen molar-refractivity contribution in [3.63, 3.8) is 0 Å². The second-order valence-corrected chi connectivity index (χ2v) is 5.84. The first-order valence-corrected chi connectivity index (χ1v) is 7.22. The number of non-ortho nitro benzene ring substituents is 1. The van der Waals surface area contributed by atoms with Gasteiger partial charge in [0.1, 0.15) is 5.52 Å². The summed E-state index contributed by atoms with van der Waals surface area (Å²) in [6.45, 7) is 4.17. The van der Waals surface area contributed by atoms with Crippen LogP contribution < -0.4 is 10.2 Å². The third-order valence-electron chi connectivity index (χ3n) is 4.65. The van der Waals surface area contributed by atoms with Crippen LogP contribution in [0, 0.1) is 22.0 Å². The summed E-state index contributed by atoms with van der Waals surface area (Å²) < 4.78 is 0. The molecule has 0 aliphatic carbocycles. The summed E-state index contributed by atoms with van der Waals surface area (Å²) in [5, 5.41) is 15.5. The predicted molar refractivity (Wildman–Crippen MR) is 80.5 cm³/mol. The van der Waals surface area contributed by atoms with E-state index in [0.29, 0.717) is 17.4 Å². The third kappa shape index (κ3) is 1.94. The highest BCUT2D eigenvalue weighted by Gasteiger charge is 2.36. The van der Waals surface area contributed by atoms with Crippen molar-refractivity contribution >= 4 is 22.3 Å². The Morgan fingerprint density at radius 3 is 2.71 bits per heavy atom. The van der Waals surface area contributed by atoms with E-state index in [1.54, 1.807) is 12.3 Å². The zero-order valence-electron chi connectivity index (χ0n) is 11.5. The Bertz CT molecular complexity index is 706. The van der Waals surface area contributed by atoms with Crippen molar-refractivity contribution in [1.82, 2.24) is 10.3 Å². The fourth-order valence-electron chi connectivity index (χ4n) is 3.62. The first kappa shape index (κ1) is 12.5. The molecule has 108 valence electrons. The summed E-state index contributed by atoms with van der Waals surface area (Å²) in [7, 11) is 0. The molecule has 0 radical (unpaired) electrons.